The monoisotopic (exact) mass is 432 g/mol. The molecule has 0 bridgehead atoms. The Kier molecular flexibility index (Phi) is 6.11. The average Bonchev–Trinajstić information content (AvgIpc) is 2.74. The molecule has 0 fully saturated rings. The number of amides is 1. The van der Waals surface area contributed by atoms with Crippen molar-refractivity contribution < 1.29 is 9.18 Å². The molecule has 1 amide bonds. The summed E-state index contributed by atoms with van der Waals surface area (Å²) in [6.45, 7) is 2.38. The fraction of sp³-hybridized carbons (Fsp3) is 0.167. The van der Waals surface area contributed by atoms with E-state index in [0.717, 1.165) is 0 Å². The van der Waals surface area contributed by atoms with E-state index < -0.39 is 17.2 Å². The van der Waals surface area contributed by atoms with Crippen LogP contribution in [0.25, 0.3) is 11.3 Å². The first-order valence-corrected chi connectivity index (χ1v) is 9.13. The molecule has 10 nitrogen and oxygen atoms in total. The van der Waals surface area contributed by atoms with E-state index in [1.807, 2.05) is 6.92 Å². The lowest BCUT2D eigenvalue weighted by Crippen LogP contribution is -2.35. The molecule has 0 spiro atoms. The smallest absolute Gasteiger partial charge is 0.292 e. The average molecular weight is 433 g/mol. The summed E-state index contributed by atoms with van der Waals surface area (Å²) in [6, 6.07) is 5.52. The predicted octanol–water partition coefficient (Wildman–Crippen LogP) is 1.81. The summed E-state index contributed by atoms with van der Waals surface area (Å²) in [5, 5.41) is 6.38. The highest BCUT2D eigenvalue weighted by atomic mass is 35.5. The van der Waals surface area contributed by atoms with E-state index in [2.05, 4.69) is 31.0 Å². The van der Waals surface area contributed by atoms with Crippen molar-refractivity contribution in [2.24, 2.45) is 0 Å². The van der Waals surface area contributed by atoms with Crippen LogP contribution in [0.1, 0.15) is 17.4 Å². The summed E-state index contributed by atoms with van der Waals surface area (Å²) < 4.78 is 13.1. The van der Waals surface area contributed by atoms with Gasteiger partial charge in [-0.15, -0.1) is 0 Å². The van der Waals surface area contributed by atoms with Crippen LogP contribution < -0.4 is 26.9 Å². The van der Waals surface area contributed by atoms with Gasteiger partial charge in [-0.2, -0.15) is 5.10 Å². The summed E-state index contributed by atoms with van der Waals surface area (Å²) in [4.78, 5) is 34.9. The molecule has 0 atom stereocenters. The number of nitrogens with two attached hydrogens (primary N) is 1. The molecule has 0 saturated carbocycles. The van der Waals surface area contributed by atoms with Crippen molar-refractivity contribution in [3.63, 3.8) is 0 Å². The topological polar surface area (TPSA) is 142 Å². The normalized spacial score (nSPS) is 10.5. The van der Waals surface area contributed by atoms with Crippen molar-refractivity contribution in [2.45, 2.75) is 6.92 Å². The number of anilines is 3. The Hall–Kier alpha value is -3.73. The molecular weight excluding hydrogens is 415 g/mol. The lowest BCUT2D eigenvalue weighted by Gasteiger charge is -2.17. The third-order valence-electron chi connectivity index (χ3n) is 4.21. The fourth-order valence-electron chi connectivity index (χ4n) is 2.50. The number of carbonyl (C=O) groups excluding carboxylic acids is 1. The summed E-state index contributed by atoms with van der Waals surface area (Å²) in [7, 11) is 1.69. The first-order chi connectivity index (χ1) is 14.3. The van der Waals surface area contributed by atoms with Gasteiger partial charge in [0.2, 0.25) is 5.82 Å². The zero-order chi connectivity index (χ0) is 21.8. The number of carbonyl (C=O) groups is 1. The van der Waals surface area contributed by atoms with Crippen molar-refractivity contribution in [3.8, 4) is 11.3 Å². The number of aromatic nitrogens is 4. The Morgan fingerprint density at radius 1 is 1.33 bits per heavy atom. The Morgan fingerprint density at radius 3 is 2.70 bits per heavy atom. The largest absolute Gasteiger partial charge is 0.382 e. The van der Waals surface area contributed by atoms with Crippen LogP contribution >= 0.6 is 11.6 Å². The van der Waals surface area contributed by atoms with Crippen molar-refractivity contribution >= 4 is 34.8 Å². The van der Waals surface area contributed by atoms with E-state index >= 15 is 0 Å². The quantitative estimate of drug-likeness (QED) is 0.432. The van der Waals surface area contributed by atoms with Crippen molar-refractivity contribution in [2.75, 3.05) is 29.7 Å². The number of rotatable bonds is 6. The molecule has 3 aromatic rings. The maximum absolute atomic E-state index is 13.1. The number of halogens is 2. The molecule has 0 saturated heterocycles. The molecule has 30 heavy (non-hydrogen) atoms. The third-order valence-corrected chi connectivity index (χ3v) is 4.47. The second-order valence-electron chi connectivity index (χ2n) is 6.15. The summed E-state index contributed by atoms with van der Waals surface area (Å²) in [6.07, 6.45) is 1.37. The standard InChI is InChI=1S/C18H18ClFN8O2/c1-3-28(2)13-14(29)17(25-24-15(13)19)26-27-18(30)12-16(21)22-8-11(23-12)9-4-6-10(20)7-5-9/h4-8H,3H2,1-2H3,(H2,21,22)(H,24,29)(H,25,26)(H,27,30). The van der Waals surface area contributed by atoms with E-state index in [1.165, 1.54) is 30.5 Å². The van der Waals surface area contributed by atoms with Crippen LogP contribution in [0, 0.1) is 5.82 Å². The maximum atomic E-state index is 13.1. The number of hydrogen-bond donors (Lipinski definition) is 4. The van der Waals surface area contributed by atoms with Gasteiger partial charge in [-0.1, -0.05) is 11.6 Å². The van der Waals surface area contributed by atoms with E-state index in [0.29, 0.717) is 17.8 Å². The summed E-state index contributed by atoms with van der Waals surface area (Å²) in [5.74, 6) is -1.45. The van der Waals surface area contributed by atoms with E-state index in [1.54, 1.807) is 11.9 Å². The minimum atomic E-state index is -0.745. The van der Waals surface area contributed by atoms with Gasteiger partial charge in [0.15, 0.2) is 11.5 Å². The first kappa shape index (κ1) is 21.0. The molecular formula is C18H18ClFN8O2. The number of nitrogens with one attached hydrogen (secondary N) is 3. The zero-order valence-electron chi connectivity index (χ0n) is 16.0. The van der Waals surface area contributed by atoms with Crippen LogP contribution in [0.5, 0.6) is 0 Å². The first-order valence-electron chi connectivity index (χ1n) is 8.76. The molecule has 2 heterocycles. The van der Waals surface area contributed by atoms with Gasteiger partial charge in [0.25, 0.3) is 11.3 Å². The molecule has 12 heteroatoms. The van der Waals surface area contributed by atoms with Gasteiger partial charge >= 0.3 is 0 Å². The number of benzene rings is 1. The number of nitrogens with zero attached hydrogens (tertiary/aromatic N) is 4. The van der Waals surface area contributed by atoms with Crippen LogP contribution in [0.15, 0.2) is 35.3 Å². The van der Waals surface area contributed by atoms with Crippen molar-refractivity contribution in [3.05, 3.63) is 57.3 Å². The number of nitrogen functional groups attached to an aromatic ring is 1. The van der Waals surface area contributed by atoms with E-state index in [-0.39, 0.29) is 28.2 Å². The van der Waals surface area contributed by atoms with Crippen LogP contribution in [-0.2, 0) is 0 Å². The van der Waals surface area contributed by atoms with Gasteiger partial charge in [0, 0.05) is 19.2 Å². The number of aromatic amines is 1. The fourth-order valence-corrected chi connectivity index (χ4v) is 2.78. The maximum Gasteiger partial charge on any atom is 0.292 e. The lowest BCUT2D eigenvalue weighted by atomic mass is 10.1. The van der Waals surface area contributed by atoms with Gasteiger partial charge in [0.05, 0.1) is 11.9 Å². The summed E-state index contributed by atoms with van der Waals surface area (Å²) >= 11 is 6.01. The minimum Gasteiger partial charge on any atom is -0.382 e. The Labute approximate surface area is 175 Å². The Balaban J connectivity index is 1.83. The SMILES string of the molecule is CCN(C)c1c(Cl)[nH]nc(NNC(=O)c2nc(-c3ccc(F)cc3)cnc2N)c1=O. The Bertz CT molecular complexity index is 1140. The molecule has 3 rings (SSSR count). The van der Waals surface area contributed by atoms with E-state index in [4.69, 9.17) is 17.3 Å². The van der Waals surface area contributed by atoms with E-state index in [9.17, 15) is 14.0 Å². The predicted molar refractivity (Wildman–Crippen MR) is 112 cm³/mol. The molecule has 0 radical (unpaired) electrons. The number of hydrogen-bond acceptors (Lipinski definition) is 8. The zero-order valence-corrected chi connectivity index (χ0v) is 16.8. The molecule has 1 aromatic carbocycles. The number of H-pyrrole nitrogens is 1. The third kappa shape index (κ3) is 4.30. The highest BCUT2D eigenvalue weighted by Gasteiger charge is 2.18. The van der Waals surface area contributed by atoms with Crippen molar-refractivity contribution in [1.82, 2.24) is 25.6 Å². The van der Waals surface area contributed by atoms with Crippen LogP contribution in [-0.4, -0.2) is 39.7 Å². The van der Waals surface area contributed by atoms with Gasteiger partial charge in [-0.25, -0.2) is 14.4 Å². The minimum absolute atomic E-state index is 0.0725. The summed E-state index contributed by atoms with van der Waals surface area (Å²) in [5.41, 5.74) is 10.9. The molecule has 156 valence electrons. The molecule has 0 aliphatic carbocycles. The second kappa shape index (κ2) is 8.74. The van der Waals surface area contributed by atoms with Gasteiger partial charge in [-0.3, -0.25) is 25.5 Å². The lowest BCUT2D eigenvalue weighted by molar-refractivity contribution is 0.0958. The van der Waals surface area contributed by atoms with Crippen LogP contribution in [0.2, 0.25) is 5.15 Å². The van der Waals surface area contributed by atoms with Crippen LogP contribution in [0.3, 0.4) is 0 Å². The Morgan fingerprint density at radius 2 is 2.03 bits per heavy atom. The molecule has 0 unspecified atom stereocenters. The van der Waals surface area contributed by atoms with Crippen molar-refractivity contribution in [1.29, 1.82) is 0 Å². The van der Waals surface area contributed by atoms with Gasteiger partial charge < -0.3 is 10.6 Å². The molecule has 0 aliphatic rings. The van der Waals surface area contributed by atoms with Gasteiger partial charge in [-0.05, 0) is 31.2 Å². The molecule has 0 aliphatic heterocycles. The molecule has 2 aromatic heterocycles. The highest BCUT2D eigenvalue weighted by Crippen LogP contribution is 2.20. The molecule has 5 N–H and O–H groups in total. The highest BCUT2D eigenvalue weighted by molar-refractivity contribution is 6.32. The number of hydrazine groups is 1. The van der Waals surface area contributed by atoms with Gasteiger partial charge in [0.1, 0.15) is 16.7 Å². The second-order valence-corrected chi connectivity index (χ2v) is 6.53. The van der Waals surface area contributed by atoms with Crippen LogP contribution in [0.4, 0.5) is 21.7 Å².